The van der Waals surface area contributed by atoms with Gasteiger partial charge < -0.3 is 24.4 Å². The van der Waals surface area contributed by atoms with Crippen molar-refractivity contribution in [2.24, 2.45) is 0 Å². The van der Waals surface area contributed by atoms with E-state index < -0.39 is 24.4 Å². The third kappa shape index (κ3) is 25.3. The maximum Gasteiger partial charge on any atom is 0.160 e. The maximum atomic E-state index is 10.5. The fraction of sp³-hybridized carbons (Fsp3) is 0.950. The molecule has 1 rings (SSSR count). The molecule has 0 aromatic carbocycles. The molecule has 1 fully saturated rings. The molecule has 47 heavy (non-hydrogen) atoms. The highest BCUT2D eigenvalue weighted by atomic mass is 32.1. The molecule has 1 saturated heterocycles. The topological polar surface area (TPSA) is 68.2 Å². The number of unbranched alkanes of at least 4 members (excludes halogenated alkanes) is 26. The summed E-state index contributed by atoms with van der Waals surface area (Å²) in [5.74, 6) is 0. The second-order valence-corrected chi connectivity index (χ2v) is 15.1. The van der Waals surface area contributed by atoms with Crippen LogP contribution in [-0.4, -0.2) is 57.9 Å². The van der Waals surface area contributed by atoms with Crippen molar-refractivity contribution < 1.29 is 24.4 Å². The molecule has 0 aromatic rings. The molecule has 4 atom stereocenters. The number of hydrogen-bond donors (Lipinski definition) is 2. The Bertz CT molecular complexity index is 721. The van der Waals surface area contributed by atoms with Gasteiger partial charge in [-0.3, -0.25) is 0 Å². The summed E-state index contributed by atoms with van der Waals surface area (Å²) in [7, 11) is 0. The SMILES string of the molecule is CCCCCCCCCCCCCCCCC(=S)O[C@@H]1[C@H]([C@H](CO)OC(=S)CCCCCCCCCCCCCCCC)OC[C@H]1O. The molecule has 0 aromatic heterocycles. The summed E-state index contributed by atoms with van der Waals surface area (Å²) in [6.07, 6.45) is 35.6. The number of rotatable bonds is 34. The van der Waals surface area contributed by atoms with Gasteiger partial charge in [0.05, 0.1) is 13.2 Å². The van der Waals surface area contributed by atoms with Crippen LogP contribution in [0.3, 0.4) is 0 Å². The first-order chi connectivity index (χ1) is 23.0. The molecule has 0 bridgehead atoms. The van der Waals surface area contributed by atoms with E-state index in [1.807, 2.05) is 0 Å². The average Bonchev–Trinajstić information content (AvgIpc) is 3.42. The second-order valence-electron chi connectivity index (χ2n) is 14.2. The Balaban J connectivity index is 2.10. The molecule has 0 spiro atoms. The van der Waals surface area contributed by atoms with Gasteiger partial charge in [0.25, 0.3) is 0 Å². The lowest BCUT2D eigenvalue weighted by Gasteiger charge is -2.28. The Labute approximate surface area is 302 Å². The van der Waals surface area contributed by atoms with Gasteiger partial charge in [-0.05, 0) is 37.3 Å². The minimum atomic E-state index is -0.800. The van der Waals surface area contributed by atoms with Crippen molar-refractivity contribution >= 4 is 34.5 Å². The predicted octanol–water partition coefficient (Wildman–Crippen LogP) is 11.9. The minimum Gasteiger partial charge on any atom is -0.479 e. The molecule has 5 nitrogen and oxygen atoms in total. The third-order valence-corrected chi connectivity index (χ3v) is 10.3. The highest BCUT2D eigenvalue weighted by molar-refractivity contribution is 7.80. The average molecular weight is 701 g/mol. The first-order valence-electron chi connectivity index (χ1n) is 20.3. The normalized spacial score (nSPS) is 18.4. The van der Waals surface area contributed by atoms with Crippen LogP contribution in [0.5, 0.6) is 0 Å². The molecule has 1 heterocycles. The van der Waals surface area contributed by atoms with Gasteiger partial charge in [-0.25, -0.2) is 0 Å². The quantitative estimate of drug-likeness (QED) is 0.0511. The predicted molar refractivity (Wildman–Crippen MR) is 208 cm³/mol. The lowest BCUT2D eigenvalue weighted by molar-refractivity contribution is -0.0577. The first-order valence-corrected chi connectivity index (χ1v) is 21.1. The van der Waals surface area contributed by atoms with E-state index in [-0.39, 0.29) is 13.2 Å². The Morgan fingerprint density at radius 3 is 1.28 bits per heavy atom. The minimum absolute atomic E-state index is 0.141. The Hall–Kier alpha value is -0.340. The van der Waals surface area contributed by atoms with E-state index in [2.05, 4.69) is 13.8 Å². The number of thiocarbonyl (C=S) groups is 2. The van der Waals surface area contributed by atoms with Crippen molar-refractivity contribution in [2.75, 3.05) is 13.2 Å². The van der Waals surface area contributed by atoms with E-state index in [4.69, 9.17) is 38.6 Å². The zero-order valence-electron chi connectivity index (χ0n) is 30.9. The Kier molecular flexibility index (Phi) is 31.2. The molecule has 0 amide bonds. The lowest BCUT2D eigenvalue weighted by atomic mass is 10.0. The summed E-state index contributed by atoms with van der Waals surface area (Å²) in [6.45, 7) is 4.44. The zero-order chi connectivity index (χ0) is 34.2. The fourth-order valence-corrected chi connectivity index (χ4v) is 7.18. The fourth-order valence-electron chi connectivity index (χ4n) is 6.66. The van der Waals surface area contributed by atoms with E-state index in [1.165, 1.54) is 154 Å². The summed E-state index contributed by atoms with van der Waals surface area (Å²) < 4.78 is 17.8. The molecule has 2 N–H and O–H groups in total. The molecule has 0 unspecified atom stereocenters. The molecule has 1 aliphatic heterocycles. The van der Waals surface area contributed by atoms with Crippen LogP contribution in [0.1, 0.15) is 206 Å². The Morgan fingerprint density at radius 2 is 0.915 bits per heavy atom. The van der Waals surface area contributed by atoms with Gasteiger partial charge >= 0.3 is 0 Å². The van der Waals surface area contributed by atoms with Crippen LogP contribution in [-0.2, 0) is 14.2 Å². The summed E-state index contributed by atoms with van der Waals surface area (Å²) >= 11 is 11.0. The summed E-state index contributed by atoms with van der Waals surface area (Å²) in [5, 5.41) is 21.6. The van der Waals surface area contributed by atoms with E-state index in [0.29, 0.717) is 22.9 Å². The van der Waals surface area contributed by atoms with Gasteiger partial charge in [0.15, 0.2) is 22.3 Å². The summed E-state index contributed by atoms with van der Waals surface area (Å²) in [4.78, 5) is 0. The van der Waals surface area contributed by atoms with E-state index in [0.717, 1.165) is 25.7 Å². The van der Waals surface area contributed by atoms with Crippen LogP contribution in [0.4, 0.5) is 0 Å². The summed E-state index contributed by atoms with van der Waals surface area (Å²) in [6, 6.07) is 0. The molecular formula is C40H76O5S2. The maximum absolute atomic E-state index is 10.5. The number of ether oxygens (including phenoxy) is 3. The molecular weight excluding hydrogens is 625 g/mol. The van der Waals surface area contributed by atoms with Gasteiger partial charge in [0.2, 0.25) is 0 Å². The van der Waals surface area contributed by atoms with Crippen molar-refractivity contribution in [1.82, 2.24) is 0 Å². The molecule has 0 saturated carbocycles. The monoisotopic (exact) mass is 701 g/mol. The number of hydrogen-bond acceptors (Lipinski definition) is 7. The largest absolute Gasteiger partial charge is 0.479 e. The van der Waals surface area contributed by atoms with Gasteiger partial charge in [0.1, 0.15) is 12.2 Å². The highest BCUT2D eigenvalue weighted by Crippen LogP contribution is 2.25. The highest BCUT2D eigenvalue weighted by Gasteiger charge is 2.44. The second kappa shape index (κ2) is 32.8. The van der Waals surface area contributed by atoms with E-state index >= 15 is 0 Å². The smallest absolute Gasteiger partial charge is 0.160 e. The molecule has 278 valence electrons. The van der Waals surface area contributed by atoms with Crippen molar-refractivity contribution in [3.63, 3.8) is 0 Å². The van der Waals surface area contributed by atoms with Gasteiger partial charge in [-0.1, -0.05) is 181 Å². The van der Waals surface area contributed by atoms with Crippen LogP contribution in [0.25, 0.3) is 0 Å². The molecule has 7 heteroatoms. The number of aliphatic hydroxyl groups is 2. The van der Waals surface area contributed by atoms with Crippen LogP contribution < -0.4 is 0 Å². The molecule has 0 radical (unpaired) electrons. The Morgan fingerprint density at radius 1 is 0.574 bits per heavy atom. The van der Waals surface area contributed by atoms with Crippen molar-refractivity contribution in [2.45, 2.75) is 231 Å². The third-order valence-electron chi connectivity index (χ3n) is 9.73. The molecule has 0 aliphatic carbocycles. The number of aliphatic hydroxyl groups excluding tert-OH is 2. The van der Waals surface area contributed by atoms with E-state index in [1.54, 1.807) is 0 Å². The van der Waals surface area contributed by atoms with Gasteiger partial charge in [-0.2, -0.15) is 0 Å². The standard InChI is InChI=1S/C40H76O5S2/c1-3-5-7-9-11-13-15-17-19-21-23-25-27-29-31-37(46)44-36(33-41)40-39(35(42)34-43-40)45-38(47)32-30-28-26-24-22-20-18-16-14-12-10-8-6-4-2/h35-36,39-42H,3-34H2,1-2H3/t35-,36+,39+,40+/m1/s1. The van der Waals surface area contributed by atoms with Crippen molar-refractivity contribution in [1.29, 1.82) is 0 Å². The van der Waals surface area contributed by atoms with E-state index in [9.17, 15) is 10.2 Å². The lowest BCUT2D eigenvalue weighted by Crippen LogP contribution is -2.45. The summed E-state index contributed by atoms with van der Waals surface area (Å²) in [5.41, 5.74) is 0. The van der Waals surface area contributed by atoms with Crippen LogP contribution in [0.2, 0.25) is 0 Å². The zero-order valence-corrected chi connectivity index (χ0v) is 32.5. The molecule has 1 aliphatic rings. The van der Waals surface area contributed by atoms with Crippen molar-refractivity contribution in [3.8, 4) is 0 Å². The van der Waals surface area contributed by atoms with Crippen LogP contribution in [0.15, 0.2) is 0 Å². The first kappa shape index (κ1) is 44.7. The van der Waals surface area contributed by atoms with Crippen LogP contribution >= 0.6 is 24.4 Å². The van der Waals surface area contributed by atoms with Gasteiger partial charge in [0, 0.05) is 12.8 Å². The van der Waals surface area contributed by atoms with Crippen molar-refractivity contribution in [3.05, 3.63) is 0 Å². The van der Waals surface area contributed by atoms with Crippen LogP contribution in [0, 0.1) is 0 Å². The van der Waals surface area contributed by atoms with Gasteiger partial charge in [-0.15, -0.1) is 0 Å².